The van der Waals surface area contributed by atoms with Gasteiger partial charge in [-0.15, -0.1) is 11.3 Å². The highest BCUT2D eigenvalue weighted by atomic mass is 32.1. The van der Waals surface area contributed by atoms with Crippen LogP contribution in [0.15, 0.2) is 29.6 Å². The number of piperidine rings is 3. The zero-order valence-electron chi connectivity index (χ0n) is 12.8. The second-order valence-corrected chi connectivity index (χ2v) is 8.28. The van der Waals surface area contributed by atoms with Gasteiger partial charge in [-0.1, -0.05) is 12.1 Å². The lowest BCUT2D eigenvalue weighted by Gasteiger charge is -2.52. The normalized spacial score (nSPS) is 31.7. The average Bonchev–Trinajstić information content (AvgIpc) is 3.18. The Kier molecular flexibility index (Phi) is 2.81. The van der Waals surface area contributed by atoms with Gasteiger partial charge in [0.1, 0.15) is 0 Å². The van der Waals surface area contributed by atoms with Crippen LogP contribution < -0.4 is 0 Å². The second kappa shape index (κ2) is 4.65. The smallest absolute Gasteiger partial charge is 0.163 e. The number of carbonyl (C=O) groups excluding carboxylic acids is 1. The lowest BCUT2D eigenvalue weighted by Crippen LogP contribution is -2.57. The topological polar surface area (TPSA) is 20.3 Å². The van der Waals surface area contributed by atoms with E-state index in [0.717, 1.165) is 17.9 Å². The third-order valence-electron chi connectivity index (χ3n) is 6.37. The predicted molar refractivity (Wildman–Crippen MR) is 90.5 cm³/mol. The van der Waals surface area contributed by atoms with E-state index in [1.807, 2.05) is 6.07 Å². The lowest BCUT2D eigenvalue weighted by molar-refractivity contribution is -0.0274. The van der Waals surface area contributed by atoms with E-state index in [1.165, 1.54) is 48.9 Å². The molecule has 3 heteroatoms. The molecule has 4 fully saturated rings. The molecule has 2 bridgehead atoms. The maximum absolute atomic E-state index is 12.9. The van der Waals surface area contributed by atoms with Crippen molar-refractivity contribution in [1.82, 2.24) is 4.90 Å². The quantitative estimate of drug-likeness (QED) is 0.786. The molecule has 0 radical (unpaired) electrons. The van der Waals surface area contributed by atoms with Crippen molar-refractivity contribution in [2.24, 2.45) is 11.8 Å². The van der Waals surface area contributed by atoms with E-state index in [9.17, 15) is 4.79 Å². The molecule has 0 amide bonds. The zero-order valence-corrected chi connectivity index (χ0v) is 13.6. The van der Waals surface area contributed by atoms with E-state index in [4.69, 9.17) is 0 Å². The molecule has 2 aromatic rings. The maximum Gasteiger partial charge on any atom is 0.163 e. The highest BCUT2D eigenvalue weighted by Gasteiger charge is 2.60. The van der Waals surface area contributed by atoms with Crippen LogP contribution >= 0.6 is 11.3 Å². The molecule has 3 saturated heterocycles. The van der Waals surface area contributed by atoms with Crippen molar-refractivity contribution in [3.63, 3.8) is 0 Å². The first-order chi connectivity index (χ1) is 10.8. The van der Waals surface area contributed by atoms with E-state index < -0.39 is 0 Å². The molecule has 114 valence electrons. The van der Waals surface area contributed by atoms with E-state index >= 15 is 0 Å². The third-order valence-corrected chi connectivity index (χ3v) is 7.25. The first-order valence-corrected chi connectivity index (χ1v) is 9.40. The van der Waals surface area contributed by atoms with Gasteiger partial charge in [-0.25, -0.2) is 0 Å². The number of carbonyl (C=O) groups is 1. The molecule has 2 nitrogen and oxygen atoms in total. The van der Waals surface area contributed by atoms with E-state index in [1.54, 1.807) is 11.3 Å². The van der Waals surface area contributed by atoms with Crippen LogP contribution in [0.5, 0.6) is 0 Å². The molecule has 4 aliphatic rings. The minimum Gasteiger partial charge on any atom is -0.297 e. The predicted octanol–water partition coefficient (Wildman–Crippen LogP) is 4.35. The van der Waals surface area contributed by atoms with Crippen molar-refractivity contribution in [2.45, 2.75) is 37.6 Å². The number of hydrogen-bond donors (Lipinski definition) is 0. The van der Waals surface area contributed by atoms with Crippen LogP contribution in [0.3, 0.4) is 0 Å². The number of nitrogens with zero attached hydrogens (tertiary/aromatic N) is 1. The summed E-state index contributed by atoms with van der Waals surface area (Å²) in [6.45, 7) is 2.55. The first-order valence-electron chi connectivity index (χ1n) is 8.52. The highest BCUT2D eigenvalue weighted by molar-refractivity contribution is 7.17. The maximum atomic E-state index is 12.9. The fourth-order valence-corrected chi connectivity index (χ4v) is 5.87. The standard InChI is InChI=1S/C19H21NOS/c21-17(15-2-1-14-5-10-22-18(14)11-15)12-16-13-3-8-20(9-4-13)19(16)6-7-19/h1-2,5,10-11,13,16H,3-4,6-9,12H2. The van der Waals surface area contributed by atoms with Crippen LogP contribution in [0.4, 0.5) is 0 Å². The monoisotopic (exact) mass is 311 g/mol. The number of thiophene rings is 1. The first kappa shape index (κ1) is 13.3. The van der Waals surface area contributed by atoms with Gasteiger partial charge < -0.3 is 0 Å². The zero-order chi connectivity index (χ0) is 14.7. The van der Waals surface area contributed by atoms with Crippen molar-refractivity contribution < 1.29 is 4.79 Å². The summed E-state index contributed by atoms with van der Waals surface area (Å²) >= 11 is 1.73. The fraction of sp³-hybridized carbons (Fsp3) is 0.526. The van der Waals surface area contributed by atoms with Crippen LogP contribution in [0.25, 0.3) is 10.1 Å². The average molecular weight is 311 g/mol. The molecule has 1 aromatic heterocycles. The minimum absolute atomic E-state index is 0.361. The van der Waals surface area contributed by atoms with Gasteiger partial charge in [-0.2, -0.15) is 0 Å². The molecular weight excluding hydrogens is 290 g/mol. The van der Waals surface area contributed by atoms with E-state index in [2.05, 4.69) is 28.5 Å². The number of ketones is 1. The van der Waals surface area contributed by atoms with Crippen LogP contribution in [-0.2, 0) is 0 Å². The minimum atomic E-state index is 0.361. The van der Waals surface area contributed by atoms with Gasteiger partial charge in [0.2, 0.25) is 0 Å². The molecule has 3 aliphatic heterocycles. The van der Waals surface area contributed by atoms with Crippen molar-refractivity contribution in [3.05, 3.63) is 35.2 Å². The summed E-state index contributed by atoms with van der Waals surface area (Å²) in [7, 11) is 0. The molecule has 1 spiro atoms. The molecule has 1 atom stereocenters. The number of Topliss-reactive ketones (excluding diaryl/α,β-unsaturated/α-hetero) is 1. The van der Waals surface area contributed by atoms with Crippen LogP contribution in [0.1, 0.15) is 42.5 Å². The number of fused-ring (bicyclic) bond motifs is 3. The van der Waals surface area contributed by atoms with Gasteiger partial charge in [-0.05, 0) is 73.5 Å². The molecule has 22 heavy (non-hydrogen) atoms. The Labute approximate surface area is 135 Å². The van der Waals surface area contributed by atoms with Crippen LogP contribution in [-0.4, -0.2) is 29.3 Å². The molecule has 1 aromatic carbocycles. The Hall–Kier alpha value is -1.19. The SMILES string of the molecule is O=C(CC1C2CCN(CC2)C12CC2)c1ccc2ccsc2c1. The van der Waals surface area contributed by atoms with E-state index in [-0.39, 0.29) is 0 Å². The van der Waals surface area contributed by atoms with Crippen LogP contribution in [0.2, 0.25) is 0 Å². The van der Waals surface area contributed by atoms with Crippen molar-refractivity contribution in [3.8, 4) is 0 Å². The Morgan fingerprint density at radius 1 is 1.23 bits per heavy atom. The summed E-state index contributed by atoms with van der Waals surface area (Å²) in [5.74, 6) is 1.77. The van der Waals surface area contributed by atoms with Crippen LogP contribution in [0, 0.1) is 11.8 Å². The van der Waals surface area contributed by atoms with E-state index in [0.29, 0.717) is 17.2 Å². The molecular formula is C19H21NOS. The van der Waals surface area contributed by atoms with Gasteiger partial charge >= 0.3 is 0 Å². The third kappa shape index (κ3) is 1.85. The summed E-state index contributed by atoms with van der Waals surface area (Å²) in [5, 5.41) is 3.36. The van der Waals surface area contributed by atoms with Crippen molar-refractivity contribution in [1.29, 1.82) is 0 Å². The largest absolute Gasteiger partial charge is 0.297 e. The van der Waals surface area contributed by atoms with Crippen molar-refractivity contribution in [2.75, 3.05) is 13.1 Å². The molecule has 0 N–H and O–H groups in total. The molecule has 1 saturated carbocycles. The molecule has 1 unspecified atom stereocenters. The van der Waals surface area contributed by atoms with Gasteiger partial charge in [0.25, 0.3) is 0 Å². The Morgan fingerprint density at radius 2 is 2.05 bits per heavy atom. The highest BCUT2D eigenvalue weighted by Crippen LogP contribution is 2.58. The summed E-state index contributed by atoms with van der Waals surface area (Å²) in [6, 6.07) is 8.35. The second-order valence-electron chi connectivity index (χ2n) is 7.34. The Bertz CT molecular complexity index is 737. The lowest BCUT2D eigenvalue weighted by atomic mass is 9.69. The Morgan fingerprint density at radius 3 is 2.82 bits per heavy atom. The summed E-state index contributed by atoms with van der Waals surface area (Å²) in [5.41, 5.74) is 1.34. The van der Waals surface area contributed by atoms with Gasteiger partial charge in [0.15, 0.2) is 5.78 Å². The molecule has 6 rings (SSSR count). The summed E-state index contributed by atoms with van der Waals surface area (Å²) < 4.78 is 1.24. The van der Waals surface area contributed by atoms with Gasteiger partial charge in [-0.3, -0.25) is 9.69 Å². The van der Waals surface area contributed by atoms with Gasteiger partial charge in [0.05, 0.1) is 0 Å². The number of rotatable bonds is 3. The summed E-state index contributed by atoms with van der Waals surface area (Å²) in [6.07, 6.45) is 6.03. The number of benzene rings is 1. The van der Waals surface area contributed by atoms with Gasteiger partial charge in [0, 0.05) is 22.2 Å². The summed E-state index contributed by atoms with van der Waals surface area (Å²) in [4.78, 5) is 15.6. The number of hydrogen-bond acceptors (Lipinski definition) is 3. The van der Waals surface area contributed by atoms with Crippen molar-refractivity contribution >= 4 is 27.2 Å². The molecule has 1 aliphatic carbocycles. The Balaban J connectivity index is 1.42. The molecule has 4 heterocycles. The fourth-order valence-electron chi connectivity index (χ4n) is 5.04.